The lowest BCUT2D eigenvalue weighted by Gasteiger charge is -2.19. The van der Waals surface area contributed by atoms with Gasteiger partial charge >= 0.3 is 0 Å². The Morgan fingerprint density at radius 3 is 2.97 bits per heavy atom. The van der Waals surface area contributed by atoms with Crippen molar-refractivity contribution in [1.82, 2.24) is 4.98 Å². The highest BCUT2D eigenvalue weighted by atomic mass is 16.5. The van der Waals surface area contributed by atoms with Crippen molar-refractivity contribution in [2.45, 2.75) is 44.6 Å². The number of nitrogens with one attached hydrogen (secondary N) is 1. The SMILES string of the molecule is Cc1cccc(CC(=O)C[C@@H]2[C@H]3Oc4ccc(Oc5ccnc6c5CCC(=O)N6)cc4[C@@H]23)c1. The molecular formula is C27H24N2O4. The van der Waals surface area contributed by atoms with Crippen LogP contribution in [0.1, 0.15) is 41.0 Å². The van der Waals surface area contributed by atoms with E-state index in [2.05, 4.69) is 16.4 Å². The average Bonchev–Trinajstić information content (AvgIpc) is 3.30. The van der Waals surface area contributed by atoms with Gasteiger partial charge in [-0.05, 0) is 43.2 Å². The van der Waals surface area contributed by atoms with E-state index < -0.39 is 0 Å². The number of carbonyl (C=O) groups excluding carboxylic acids is 2. The van der Waals surface area contributed by atoms with E-state index in [1.807, 2.05) is 49.4 Å². The summed E-state index contributed by atoms with van der Waals surface area (Å²) in [5, 5.41) is 2.80. The average molecular weight is 440 g/mol. The number of ether oxygens (including phenoxy) is 2. The number of pyridine rings is 1. The summed E-state index contributed by atoms with van der Waals surface area (Å²) in [7, 11) is 0. The number of rotatable bonds is 6. The van der Waals surface area contributed by atoms with Crippen LogP contribution < -0.4 is 14.8 Å². The smallest absolute Gasteiger partial charge is 0.225 e. The van der Waals surface area contributed by atoms with Crippen LogP contribution in [-0.2, 0) is 22.4 Å². The van der Waals surface area contributed by atoms with E-state index in [1.54, 1.807) is 6.20 Å². The number of hydrogen-bond acceptors (Lipinski definition) is 5. The molecule has 1 saturated carbocycles. The number of hydrogen-bond donors (Lipinski definition) is 1. The minimum absolute atomic E-state index is 0.0235. The van der Waals surface area contributed by atoms with Gasteiger partial charge in [-0.25, -0.2) is 4.98 Å². The highest BCUT2D eigenvalue weighted by molar-refractivity contribution is 5.93. The predicted octanol–water partition coefficient (Wildman–Crippen LogP) is 4.74. The third kappa shape index (κ3) is 3.75. The summed E-state index contributed by atoms with van der Waals surface area (Å²) >= 11 is 0. The number of anilines is 1. The van der Waals surface area contributed by atoms with Gasteiger partial charge in [0.05, 0.1) is 0 Å². The molecule has 6 rings (SSSR count). The van der Waals surface area contributed by atoms with Crippen LogP contribution in [0, 0.1) is 12.8 Å². The van der Waals surface area contributed by atoms with E-state index in [1.165, 1.54) is 5.56 Å². The Hall–Kier alpha value is -3.67. The standard InChI is InChI=1S/C27H24N2O4/c1-15-3-2-4-16(11-15)12-17(30)13-21-25-20-14-18(5-7-22(20)33-26(21)25)32-23-9-10-28-27-19(23)6-8-24(31)29-27/h2-5,7,9-11,14,21,25-26H,6,8,12-13H2,1H3,(H,28,29,31)/t21-,25-,26+/m0/s1. The molecule has 2 aliphatic heterocycles. The van der Waals surface area contributed by atoms with E-state index in [9.17, 15) is 9.59 Å². The van der Waals surface area contributed by atoms with Crippen LogP contribution in [0.15, 0.2) is 54.7 Å². The van der Waals surface area contributed by atoms with Crippen LogP contribution in [0.5, 0.6) is 17.2 Å². The lowest BCUT2D eigenvalue weighted by atomic mass is 10.0. The van der Waals surface area contributed by atoms with Gasteiger partial charge in [0.2, 0.25) is 5.91 Å². The number of carbonyl (C=O) groups is 2. The first-order valence-corrected chi connectivity index (χ1v) is 11.4. The molecule has 0 saturated heterocycles. The Balaban J connectivity index is 1.15. The fourth-order valence-electron chi connectivity index (χ4n) is 5.12. The molecule has 0 unspecified atom stereocenters. The van der Waals surface area contributed by atoms with Crippen molar-refractivity contribution in [3.63, 3.8) is 0 Å². The van der Waals surface area contributed by atoms with Crippen LogP contribution in [0.2, 0.25) is 0 Å². The minimum Gasteiger partial charge on any atom is -0.489 e. The molecule has 3 aliphatic rings. The highest BCUT2D eigenvalue weighted by Crippen LogP contribution is 2.60. The second-order valence-corrected chi connectivity index (χ2v) is 9.17. The van der Waals surface area contributed by atoms with Crippen molar-refractivity contribution >= 4 is 17.5 Å². The zero-order valence-corrected chi connectivity index (χ0v) is 18.3. The van der Waals surface area contributed by atoms with Crippen LogP contribution >= 0.6 is 0 Å². The largest absolute Gasteiger partial charge is 0.489 e. The Morgan fingerprint density at radius 2 is 2.09 bits per heavy atom. The number of aryl methyl sites for hydroxylation is 1. The summed E-state index contributed by atoms with van der Waals surface area (Å²) in [5.41, 5.74) is 4.27. The van der Waals surface area contributed by atoms with E-state index in [0.29, 0.717) is 37.3 Å². The molecule has 0 spiro atoms. The number of fused-ring (bicyclic) bond motifs is 4. The van der Waals surface area contributed by atoms with Crippen molar-refractivity contribution in [3.8, 4) is 17.2 Å². The van der Waals surface area contributed by atoms with E-state index in [0.717, 1.165) is 28.2 Å². The molecule has 6 heteroatoms. The van der Waals surface area contributed by atoms with E-state index in [-0.39, 0.29) is 29.6 Å². The van der Waals surface area contributed by atoms with Gasteiger partial charge in [0, 0.05) is 48.4 Å². The molecule has 3 atom stereocenters. The number of amides is 1. The fraction of sp³-hybridized carbons (Fsp3) is 0.296. The third-order valence-electron chi connectivity index (χ3n) is 6.75. The summed E-state index contributed by atoms with van der Waals surface area (Å²) in [4.78, 5) is 28.6. The van der Waals surface area contributed by atoms with Crippen molar-refractivity contribution in [2.24, 2.45) is 5.92 Å². The lowest BCUT2D eigenvalue weighted by Crippen LogP contribution is -2.20. The zero-order valence-electron chi connectivity index (χ0n) is 18.3. The molecule has 6 nitrogen and oxygen atoms in total. The molecule has 33 heavy (non-hydrogen) atoms. The molecular weight excluding hydrogens is 416 g/mol. The highest BCUT2D eigenvalue weighted by Gasteiger charge is 2.59. The van der Waals surface area contributed by atoms with Gasteiger partial charge in [0.15, 0.2) is 0 Å². The number of Topliss-reactive ketones (excluding diaryl/α,β-unsaturated/α-hetero) is 1. The molecule has 1 aliphatic carbocycles. The second-order valence-electron chi connectivity index (χ2n) is 9.17. The summed E-state index contributed by atoms with van der Waals surface area (Å²) in [6, 6.07) is 15.8. The molecule has 1 amide bonds. The van der Waals surface area contributed by atoms with Gasteiger partial charge in [0.1, 0.15) is 35.0 Å². The van der Waals surface area contributed by atoms with Gasteiger partial charge in [-0.15, -0.1) is 0 Å². The van der Waals surface area contributed by atoms with Crippen molar-refractivity contribution in [2.75, 3.05) is 5.32 Å². The normalized spacial score (nSPS) is 21.8. The molecule has 0 bridgehead atoms. The Morgan fingerprint density at radius 1 is 1.18 bits per heavy atom. The first-order valence-electron chi connectivity index (χ1n) is 11.4. The van der Waals surface area contributed by atoms with Crippen LogP contribution in [0.3, 0.4) is 0 Å². The van der Waals surface area contributed by atoms with Crippen LogP contribution in [0.4, 0.5) is 5.82 Å². The van der Waals surface area contributed by atoms with E-state index in [4.69, 9.17) is 9.47 Å². The first kappa shape index (κ1) is 20.0. The van der Waals surface area contributed by atoms with E-state index >= 15 is 0 Å². The molecule has 3 aromatic rings. The Kier molecular flexibility index (Phi) is 4.68. The van der Waals surface area contributed by atoms with Crippen molar-refractivity contribution in [1.29, 1.82) is 0 Å². The Bertz CT molecular complexity index is 1280. The maximum Gasteiger partial charge on any atom is 0.225 e. The topological polar surface area (TPSA) is 77.5 Å². The quantitative estimate of drug-likeness (QED) is 0.599. The molecule has 1 aromatic heterocycles. The Labute approximate surface area is 191 Å². The molecule has 2 aromatic carbocycles. The monoisotopic (exact) mass is 440 g/mol. The number of aromatic nitrogens is 1. The van der Waals surface area contributed by atoms with Gasteiger partial charge in [-0.3, -0.25) is 9.59 Å². The first-order chi connectivity index (χ1) is 16.0. The van der Waals surface area contributed by atoms with Crippen molar-refractivity contribution in [3.05, 3.63) is 77.0 Å². The number of benzene rings is 2. The number of nitrogens with zero attached hydrogens (tertiary/aromatic N) is 1. The van der Waals surface area contributed by atoms with Crippen molar-refractivity contribution < 1.29 is 19.1 Å². The molecule has 0 radical (unpaired) electrons. The van der Waals surface area contributed by atoms with Crippen LogP contribution in [-0.4, -0.2) is 22.8 Å². The molecule has 1 N–H and O–H groups in total. The zero-order chi connectivity index (χ0) is 22.5. The summed E-state index contributed by atoms with van der Waals surface area (Å²) in [6.07, 6.45) is 3.76. The van der Waals surface area contributed by atoms with Gasteiger partial charge < -0.3 is 14.8 Å². The predicted molar refractivity (Wildman–Crippen MR) is 123 cm³/mol. The minimum atomic E-state index is -0.0235. The second kappa shape index (κ2) is 7.73. The lowest BCUT2D eigenvalue weighted by molar-refractivity contribution is -0.119. The van der Waals surface area contributed by atoms with Gasteiger partial charge in [0.25, 0.3) is 0 Å². The molecule has 166 valence electrons. The maximum absolute atomic E-state index is 12.7. The summed E-state index contributed by atoms with van der Waals surface area (Å²) < 4.78 is 12.3. The third-order valence-corrected chi connectivity index (χ3v) is 6.75. The van der Waals surface area contributed by atoms with Crippen LogP contribution in [0.25, 0.3) is 0 Å². The number of ketones is 1. The van der Waals surface area contributed by atoms with Gasteiger partial charge in [-0.1, -0.05) is 29.8 Å². The maximum atomic E-state index is 12.7. The molecule has 3 heterocycles. The summed E-state index contributed by atoms with van der Waals surface area (Å²) in [5.74, 6) is 3.58. The fourth-order valence-corrected chi connectivity index (χ4v) is 5.12. The molecule has 1 fully saturated rings. The van der Waals surface area contributed by atoms with Gasteiger partial charge in [-0.2, -0.15) is 0 Å². The summed E-state index contributed by atoms with van der Waals surface area (Å²) in [6.45, 7) is 2.04.